The zero-order valence-electron chi connectivity index (χ0n) is 10.4. The number of anilines is 1. The van der Waals surface area contributed by atoms with Crippen molar-refractivity contribution in [1.29, 1.82) is 5.26 Å². The summed E-state index contributed by atoms with van der Waals surface area (Å²) in [5.74, 6) is 0.515. The third kappa shape index (κ3) is 1.85. The first kappa shape index (κ1) is 12.0. The minimum absolute atomic E-state index is 0.00670. The van der Waals surface area contributed by atoms with Gasteiger partial charge in [-0.05, 0) is 30.4 Å². The molecule has 0 atom stereocenters. The van der Waals surface area contributed by atoms with Crippen LogP contribution in [0.25, 0.3) is 5.69 Å². The second-order valence-corrected chi connectivity index (χ2v) is 5.42. The van der Waals surface area contributed by atoms with Gasteiger partial charge in [-0.3, -0.25) is 0 Å². The second kappa shape index (κ2) is 3.97. The Balaban J connectivity index is 2.16. The quantitative estimate of drug-likeness (QED) is 0.852. The molecule has 6 heteroatoms. The summed E-state index contributed by atoms with van der Waals surface area (Å²) < 4.78 is 1.56. The highest BCUT2D eigenvalue weighted by atomic mass is 35.5. The fraction of sp³-hybridized carbons (Fsp3) is 0.308. The molecule has 19 heavy (non-hydrogen) atoms. The molecule has 0 bridgehead atoms. The Kier molecular flexibility index (Phi) is 2.51. The number of nitrogens with two attached hydrogens (primary N) is 1. The summed E-state index contributed by atoms with van der Waals surface area (Å²) in [7, 11) is 0. The van der Waals surface area contributed by atoms with E-state index in [2.05, 4.69) is 23.1 Å². The van der Waals surface area contributed by atoms with Gasteiger partial charge in [0.2, 0.25) is 0 Å². The molecule has 2 N–H and O–H groups in total. The first-order valence-corrected chi connectivity index (χ1v) is 6.34. The molecule has 0 aromatic carbocycles. The van der Waals surface area contributed by atoms with E-state index in [-0.39, 0.29) is 5.41 Å². The third-order valence-electron chi connectivity index (χ3n) is 3.59. The molecule has 0 amide bonds. The molecular weight excluding hydrogens is 262 g/mol. The summed E-state index contributed by atoms with van der Waals surface area (Å²) in [5, 5.41) is 13.9. The van der Waals surface area contributed by atoms with Crippen molar-refractivity contribution in [2.24, 2.45) is 0 Å². The smallest absolute Gasteiger partial charge is 0.168 e. The molecule has 3 rings (SSSR count). The van der Waals surface area contributed by atoms with Gasteiger partial charge in [0.1, 0.15) is 17.0 Å². The van der Waals surface area contributed by atoms with Crippen LogP contribution in [0.5, 0.6) is 0 Å². The van der Waals surface area contributed by atoms with Crippen LogP contribution in [0.2, 0.25) is 5.15 Å². The van der Waals surface area contributed by atoms with Crippen LogP contribution in [0.4, 0.5) is 5.82 Å². The van der Waals surface area contributed by atoms with E-state index in [1.807, 2.05) is 0 Å². The Hall–Kier alpha value is -2.06. The summed E-state index contributed by atoms with van der Waals surface area (Å²) in [4.78, 5) is 4.01. The van der Waals surface area contributed by atoms with Crippen LogP contribution in [-0.2, 0) is 5.41 Å². The predicted octanol–water partition coefficient (Wildman–Crippen LogP) is 2.43. The Bertz CT molecular complexity index is 676. The third-order valence-corrected chi connectivity index (χ3v) is 3.81. The molecule has 1 fully saturated rings. The summed E-state index contributed by atoms with van der Waals surface area (Å²) in [6, 6.07) is 5.57. The molecule has 2 aromatic rings. The van der Waals surface area contributed by atoms with E-state index < -0.39 is 0 Å². The van der Waals surface area contributed by atoms with Crippen LogP contribution >= 0.6 is 11.6 Å². The molecule has 5 nitrogen and oxygen atoms in total. The lowest BCUT2D eigenvalue weighted by atomic mass is 9.98. The number of halogens is 1. The molecule has 1 saturated carbocycles. The van der Waals surface area contributed by atoms with E-state index in [1.165, 1.54) is 0 Å². The maximum atomic E-state index is 9.22. The number of nitrogens with zero attached hydrogens (tertiary/aromatic N) is 4. The van der Waals surface area contributed by atoms with Gasteiger partial charge >= 0.3 is 0 Å². The van der Waals surface area contributed by atoms with Crippen molar-refractivity contribution in [3.05, 3.63) is 34.7 Å². The van der Waals surface area contributed by atoms with E-state index in [0.29, 0.717) is 22.4 Å². The largest absolute Gasteiger partial charge is 0.383 e. The van der Waals surface area contributed by atoms with Crippen molar-refractivity contribution < 1.29 is 0 Å². The van der Waals surface area contributed by atoms with Crippen molar-refractivity contribution in [2.75, 3.05) is 5.73 Å². The molecule has 2 heterocycles. The highest BCUT2D eigenvalue weighted by Gasteiger charge is 2.44. The van der Waals surface area contributed by atoms with Crippen molar-refractivity contribution in [3.8, 4) is 11.8 Å². The monoisotopic (exact) mass is 273 g/mol. The molecule has 0 aliphatic heterocycles. The molecule has 1 aliphatic rings. The van der Waals surface area contributed by atoms with Gasteiger partial charge < -0.3 is 5.73 Å². The predicted molar refractivity (Wildman–Crippen MR) is 72.1 cm³/mol. The Morgan fingerprint density at radius 3 is 2.74 bits per heavy atom. The van der Waals surface area contributed by atoms with Crippen LogP contribution in [-0.4, -0.2) is 14.8 Å². The van der Waals surface area contributed by atoms with Crippen LogP contribution in [0, 0.1) is 11.3 Å². The normalized spacial score (nSPS) is 16.1. The minimum atomic E-state index is -0.00670. The van der Waals surface area contributed by atoms with Crippen molar-refractivity contribution >= 4 is 17.4 Å². The van der Waals surface area contributed by atoms with Gasteiger partial charge in [0, 0.05) is 5.56 Å². The number of hydrogen-bond donors (Lipinski definition) is 1. The molecule has 0 radical (unpaired) electrons. The van der Waals surface area contributed by atoms with Gasteiger partial charge in [0.05, 0.1) is 11.9 Å². The fourth-order valence-electron chi connectivity index (χ4n) is 2.23. The van der Waals surface area contributed by atoms with E-state index in [4.69, 9.17) is 17.3 Å². The molecule has 0 spiro atoms. The topological polar surface area (TPSA) is 80.5 Å². The van der Waals surface area contributed by atoms with Crippen molar-refractivity contribution in [1.82, 2.24) is 14.8 Å². The summed E-state index contributed by atoms with van der Waals surface area (Å²) in [6.45, 7) is 2.10. The van der Waals surface area contributed by atoms with Gasteiger partial charge in [0.25, 0.3) is 0 Å². The Labute approximate surface area is 115 Å². The second-order valence-electron chi connectivity index (χ2n) is 5.03. The lowest BCUT2D eigenvalue weighted by Gasteiger charge is -2.08. The Morgan fingerprint density at radius 2 is 2.21 bits per heavy atom. The fourth-order valence-corrected chi connectivity index (χ4v) is 2.34. The zero-order chi connectivity index (χ0) is 13.6. The van der Waals surface area contributed by atoms with Crippen LogP contribution in [0.3, 0.4) is 0 Å². The molecule has 0 saturated heterocycles. The molecule has 0 unspecified atom stereocenters. The van der Waals surface area contributed by atoms with Gasteiger partial charge in [-0.1, -0.05) is 18.5 Å². The van der Waals surface area contributed by atoms with Crippen LogP contribution in [0.15, 0.2) is 18.3 Å². The first-order valence-electron chi connectivity index (χ1n) is 5.96. The lowest BCUT2D eigenvalue weighted by molar-refractivity contribution is 0.788. The van der Waals surface area contributed by atoms with Crippen LogP contribution < -0.4 is 5.73 Å². The molecule has 96 valence electrons. The van der Waals surface area contributed by atoms with Crippen LogP contribution in [0.1, 0.15) is 31.0 Å². The number of rotatable bonds is 2. The van der Waals surface area contributed by atoms with Gasteiger partial charge in [0.15, 0.2) is 5.69 Å². The Morgan fingerprint density at radius 1 is 1.47 bits per heavy atom. The average Bonchev–Trinajstić information content (AvgIpc) is 3.03. The van der Waals surface area contributed by atoms with E-state index in [9.17, 15) is 5.26 Å². The van der Waals surface area contributed by atoms with Gasteiger partial charge in [-0.2, -0.15) is 10.4 Å². The number of nitrogen functional groups attached to an aromatic ring is 1. The van der Waals surface area contributed by atoms with E-state index in [1.54, 1.807) is 23.0 Å². The summed E-state index contributed by atoms with van der Waals surface area (Å²) in [5.41, 5.74) is 8.11. The summed E-state index contributed by atoms with van der Waals surface area (Å²) >= 11 is 5.76. The standard InChI is InChI=1S/C13H12ClN5/c1-13(4-5-13)11-9(6-15)18-19(12(11)16)8-2-3-10(14)17-7-8/h2-3,7H,4-5,16H2,1H3. The molecular formula is C13H12ClN5. The SMILES string of the molecule is CC1(c2c(C#N)nn(-c3ccc(Cl)nc3)c2N)CC1. The number of hydrogen-bond acceptors (Lipinski definition) is 4. The molecule has 1 aliphatic carbocycles. The number of aromatic nitrogens is 3. The highest BCUT2D eigenvalue weighted by Crippen LogP contribution is 2.51. The maximum Gasteiger partial charge on any atom is 0.168 e. The number of nitriles is 1. The first-order chi connectivity index (χ1) is 9.05. The average molecular weight is 274 g/mol. The molecule has 2 aromatic heterocycles. The highest BCUT2D eigenvalue weighted by molar-refractivity contribution is 6.29. The van der Waals surface area contributed by atoms with Crippen molar-refractivity contribution in [2.45, 2.75) is 25.2 Å². The number of pyridine rings is 1. The van der Waals surface area contributed by atoms with Gasteiger partial charge in [-0.15, -0.1) is 0 Å². The zero-order valence-corrected chi connectivity index (χ0v) is 11.1. The van der Waals surface area contributed by atoms with E-state index >= 15 is 0 Å². The van der Waals surface area contributed by atoms with Gasteiger partial charge in [-0.25, -0.2) is 9.67 Å². The van der Waals surface area contributed by atoms with Crippen molar-refractivity contribution in [3.63, 3.8) is 0 Å². The van der Waals surface area contributed by atoms with E-state index in [0.717, 1.165) is 18.4 Å². The summed E-state index contributed by atoms with van der Waals surface area (Å²) in [6.07, 6.45) is 3.67. The minimum Gasteiger partial charge on any atom is -0.383 e. The lowest BCUT2D eigenvalue weighted by Crippen LogP contribution is -2.07. The maximum absolute atomic E-state index is 9.22.